The third-order valence-electron chi connectivity index (χ3n) is 3.44. The highest BCUT2D eigenvalue weighted by molar-refractivity contribution is 5.77. The molecule has 7 nitrogen and oxygen atoms in total. The molecule has 1 aromatic rings. The van der Waals surface area contributed by atoms with Gasteiger partial charge in [0.1, 0.15) is 18.5 Å². The number of hydrazine groups is 1. The van der Waals surface area contributed by atoms with Crippen LogP contribution in [0.2, 0.25) is 0 Å². The Morgan fingerprint density at radius 2 is 2.05 bits per heavy atom. The van der Waals surface area contributed by atoms with Crippen molar-refractivity contribution in [2.45, 2.75) is 25.5 Å². The number of hydrogen-bond donors (Lipinski definition) is 2. The van der Waals surface area contributed by atoms with Crippen molar-refractivity contribution < 1.29 is 9.47 Å². The van der Waals surface area contributed by atoms with Gasteiger partial charge < -0.3 is 20.1 Å². The van der Waals surface area contributed by atoms with Crippen molar-refractivity contribution in [3.05, 3.63) is 24.3 Å². The SMILES string of the molecule is C/C(N)=N/N(N)C(CCN(C)C)C1COc2ccccc2O1. The summed E-state index contributed by atoms with van der Waals surface area (Å²) in [6, 6.07) is 7.49. The van der Waals surface area contributed by atoms with Crippen LogP contribution in [0.1, 0.15) is 13.3 Å². The van der Waals surface area contributed by atoms with Gasteiger partial charge in [-0.15, -0.1) is 5.10 Å². The van der Waals surface area contributed by atoms with E-state index in [1.54, 1.807) is 6.92 Å². The van der Waals surface area contributed by atoms with Crippen LogP contribution in [0.4, 0.5) is 0 Å². The molecule has 0 saturated heterocycles. The zero-order valence-corrected chi connectivity index (χ0v) is 13.4. The molecule has 22 heavy (non-hydrogen) atoms. The van der Waals surface area contributed by atoms with Gasteiger partial charge in [-0.2, -0.15) is 0 Å². The molecule has 1 heterocycles. The Hall–Kier alpha value is -1.99. The summed E-state index contributed by atoms with van der Waals surface area (Å²) >= 11 is 0. The molecular weight excluding hydrogens is 282 g/mol. The van der Waals surface area contributed by atoms with Crippen LogP contribution in [-0.4, -0.2) is 55.2 Å². The van der Waals surface area contributed by atoms with Crippen molar-refractivity contribution in [2.75, 3.05) is 27.2 Å². The largest absolute Gasteiger partial charge is 0.486 e. The lowest BCUT2D eigenvalue weighted by atomic mass is 10.1. The minimum atomic E-state index is -0.206. The van der Waals surface area contributed by atoms with Crippen molar-refractivity contribution in [3.8, 4) is 11.5 Å². The third kappa shape index (κ3) is 4.25. The van der Waals surface area contributed by atoms with Crippen LogP contribution in [0, 0.1) is 0 Å². The van der Waals surface area contributed by atoms with Crippen molar-refractivity contribution >= 4 is 5.84 Å². The first kappa shape index (κ1) is 16.4. The number of para-hydroxylation sites is 2. The molecule has 0 fully saturated rings. The zero-order chi connectivity index (χ0) is 16.1. The van der Waals surface area contributed by atoms with Crippen LogP contribution in [0.25, 0.3) is 0 Å². The Labute approximate surface area is 131 Å². The van der Waals surface area contributed by atoms with Crippen LogP contribution in [0.15, 0.2) is 29.4 Å². The Bertz CT molecular complexity index is 516. The van der Waals surface area contributed by atoms with Crippen LogP contribution in [0.5, 0.6) is 11.5 Å². The van der Waals surface area contributed by atoms with Gasteiger partial charge in [-0.3, -0.25) is 0 Å². The lowest BCUT2D eigenvalue weighted by Gasteiger charge is -2.35. The van der Waals surface area contributed by atoms with Gasteiger partial charge in [-0.1, -0.05) is 12.1 Å². The number of nitrogens with zero attached hydrogens (tertiary/aromatic N) is 3. The summed E-state index contributed by atoms with van der Waals surface area (Å²) in [5, 5.41) is 5.53. The van der Waals surface area contributed by atoms with Gasteiger partial charge in [0.2, 0.25) is 0 Å². The fourth-order valence-electron chi connectivity index (χ4n) is 2.36. The predicted molar refractivity (Wildman–Crippen MR) is 86.6 cm³/mol. The van der Waals surface area contributed by atoms with Crippen LogP contribution >= 0.6 is 0 Å². The minimum Gasteiger partial charge on any atom is -0.486 e. The van der Waals surface area contributed by atoms with Gasteiger partial charge >= 0.3 is 0 Å². The number of amidine groups is 1. The fourth-order valence-corrected chi connectivity index (χ4v) is 2.36. The Kier molecular flexibility index (Phi) is 5.46. The molecule has 0 bridgehead atoms. The molecule has 0 aliphatic carbocycles. The molecule has 2 unspecified atom stereocenters. The van der Waals surface area contributed by atoms with E-state index in [4.69, 9.17) is 21.1 Å². The summed E-state index contributed by atoms with van der Waals surface area (Å²) in [7, 11) is 4.03. The monoisotopic (exact) mass is 307 g/mol. The smallest absolute Gasteiger partial charge is 0.161 e. The highest BCUT2D eigenvalue weighted by Crippen LogP contribution is 2.32. The molecule has 122 valence electrons. The number of nitrogens with two attached hydrogens (primary N) is 2. The maximum Gasteiger partial charge on any atom is 0.161 e. The van der Waals surface area contributed by atoms with E-state index in [9.17, 15) is 0 Å². The summed E-state index contributed by atoms with van der Waals surface area (Å²) < 4.78 is 11.8. The Balaban J connectivity index is 2.13. The molecule has 0 radical (unpaired) electrons. The van der Waals surface area contributed by atoms with Crippen molar-refractivity contribution in [2.24, 2.45) is 16.7 Å². The molecular formula is C15H25N5O2. The van der Waals surface area contributed by atoms with E-state index < -0.39 is 0 Å². The number of benzene rings is 1. The quantitative estimate of drug-likeness (QED) is 0.346. The van der Waals surface area contributed by atoms with Gasteiger partial charge in [-0.05, 0) is 46.1 Å². The van der Waals surface area contributed by atoms with Gasteiger partial charge in [-0.25, -0.2) is 11.0 Å². The zero-order valence-electron chi connectivity index (χ0n) is 13.4. The summed E-state index contributed by atoms with van der Waals surface area (Å²) in [4.78, 5) is 2.09. The number of fused-ring (bicyclic) bond motifs is 1. The average molecular weight is 307 g/mol. The molecule has 7 heteroatoms. The molecule has 4 N–H and O–H groups in total. The standard InChI is InChI=1S/C15H25N5O2/c1-11(16)18-20(17)12(8-9-19(2)3)15-10-21-13-6-4-5-7-14(13)22-15/h4-7,12,15H,8-10,17H2,1-3H3,(H2,16,18). The maximum atomic E-state index is 6.07. The highest BCUT2D eigenvalue weighted by Gasteiger charge is 2.32. The Morgan fingerprint density at radius 3 is 2.68 bits per heavy atom. The summed E-state index contributed by atoms with van der Waals surface area (Å²) in [6.45, 7) is 3.00. The second-order valence-corrected chi connectivity index (χ2v) is 5.69. The molecule has 2 rings (SSSR count). The van der Waals surface area contributed by atoms with Gasteiger partial charge in [0.05, 0.1) is 0 Å². The third-order valence-corrected chi connectivity index (χ3v) is 3.44. The van der Waals surface area contributed by atoms with Crippen LogP contribution in [0.3, 0.4) is 0 Å². The summed E-state index contributed by atoms with van der Waals surface area (Å²) in [6.07, 6.45) is 0.583. The van der Waals surface area contributed by atoms with Crippen molar-refractivity contribution in [3.63, 3.8) is 0 Å². The molecule has 2 atom stereocenters. The summed E-state index contributed by atoms with van der Waals surface area (Å²) in [5.74, 6) is 7.97. The molecule has 1 aromatic carbocycles. The highest BCUT2D eigenvalue weighted by atomic mass is 16.6. The van der Waals surface area contributed by atoms with E-state index in [2.05, 4.69) is 10.0 Å². The van der Waals surface area contributed by atoms with Crippen LogP contribution in [-0.2, 0) is 0 Å². The van der Waals surface area contributed by atoms with Crippen molar-refractivity contribution in [1.29, 1.82) is 0 Å². The molecule has 0 amide bonds. The second kappa shape index (κ2) is 7.33. The average Bonchev–Trinajstić information content (AvgIpc) is 2.46. The summed E-state index contributed by atoms with van der Waals surface area (Å²) in [5.41, 5.74) is 5.64. The van der Waals surface area contributed by atoms with E-state index in [1.807, 2.05) is 38.4 Å². The molecule has 0 aromatic heterocycles. The lowest BCUT2D eigenvalue weighted by molar-refractivity contribution is 0.00785. The molecule has 0 saturated carbocycles. The van der Waals surface area contributed by atoms with E-state index in [0.717, 1.165) is 24.5 Å². The Morgan fingerprint density at radius 1 is 1.36 bits per heavy atom. The van der Waals surface area contributed by atoms with E-state index in [1.165, 1.54) is 5.12 Å². The number of hydrazone groups is 1. The van der Waals surface area contributed by atoms with E-state index in [0.29, 0.717) is 12.4 Å². The first-order chi connectivity index (χ1) is 10.5. The number of hydrogen-bond acceptors (Lipinski definition) is 6. The molecule has 0 spiro atoms. The molecule has 1 aliphatic heterocycles. The number of ether oxygens (including phenoxy) is 2. The van der Waals surface area contributed by atoms with E-state index >= 15 is 0 Å². The normalized spacial score (nSPS) is 19.1. The first-order valence-electron chi connectivity index (χ1n) is 7.35. The number of rotatable bonds is 6. The maximum absolute atomic E-state index is 6.07. The van der Waals surface area contributed by atoms with E-state index in [-0.39, 0.29) is 12.1 Å². The fraction of sp³-hybridized carbons (Fsp3) is 0.533. The lowest BCUT2D eigenvalue weighted by Crippen LogP contribution is -2.52. The van der Waals surface area contributed by atoms with Gasteiger partial charge in [0.25, 0.3) is 0 Å². The molecule has 1 aliphatic rings. The van der Waals surface area contributed by atoms with Crippen molar-refractivity contribution in [1.82, 2.24) is 10.0 Å². The topological polar surface area (TPSA) is 89.3 Å². The first-order valence-corrected chi connectivity index (χ1v) is 7.35. The minimum absolute atomic E-state index is 0.130. The van der Waals surface area contributed by atoms with Gasteiger partial charge in [0, 0.05) is 0 Å². The van der Waals surface area contributed by atoms with Crippen LogP contribution < -0.4 is 21.1 Å². The predicted octanol–water partition coefficient (Wildman–Crippen LogP) is 0.615. The second-order valence-electron chi connectivity index (χ2n) is 5.69. The van der Waals surface area contributed by atoms with Gasteiger partial charge in [0.15, 0.2) is 17.6 Å².